The van der Waals surface area contributed by atoms with Crippen molar-refractivity contribution in [1.82, 2.24) is 20.2 Å². The predicted octanol–water partition coefficient (Wildman–Crippen LogP) is 4.53. The molecule has 0 bridgehead atoms. The van der Waals surface area contributed by atoms with Crippen LogP contribution in [0.4, 0.5) is 16.1 Å². The fourth-order valence-electron chi connectivity index (χ4n) is 3.07. The molecule has 4 heterocycles. The Morgan fingerprint density at radius 3 is 2.77 bits per heavy atom. The van der Waals surface area contributed by atoms with E-state index in [0.29, 0.717) is 19.9 Å². The van der Waals surface area contributed by atoms with Crippen molar-refractivity contribution in [2.24, 2.45) is 0 Å². The quantitative estimate of drug-likeness (QED) is 0.242. The van der Waals surface area contributed by atoms with Gasteiger partial charge in [-0.05, 0) is 40.2 Å². The molecule has 8 nitrogen and oxygen atoms in total. The van der Waals surface area contributed by atoms with Crippen molar-refractivity contribution < 1.29 is 9.47 Å². The Morgan fingerprint density at radius 2 is 2.00 bits per heavy atom. The van der Waals surface area contributed by atoms with Gasteiger partial charge in [-0.25, -0.2) is 4.98 Å². The Morgan fingerprint density at radius 1 is 1.19 bits per heavy atom. The summed E-state index contributed by atoms with van der Waals surface area (Å²) in [5, 5.41) is 10.6. The Balaban J connectivity index is 1.59. The number of hydrogen-bond acceptors (Lipinski definition) is 9. The van der Waals surface area contributed by atoms with Gasteiger partial charge < -0.3 is 14.4 Å². The molecule has 3 aromatic heterocycles. The molecule has 0 saturated carbocycles. The van der Waals surface area contributed by atoms with E-state index in [1.165, 1.54) is 0 Å². The molecule has 0 atom stereocenters. The third kappa shape index (κ3) is 5.98. The van der Waals surface area contributed by atoms with Gasteiger partial charge in [0, 0.05) is 38.4 Å². The summed E-state index contributed by atoms with van der Waals surface area (Å²) in [5.41, 5.74) is 1.66. The van der Waals surface area contributed by atoms with Gasteiger partial charge >= 0.3 is 0 Å². The van der Waals surface area contributed by atoms with Crippen molar-refractivity contribution in [1.29, 1.82) is 0 Å². The van der Waals surface area contributed by atoms with Crippen LogP contribution in [0.1, 0.15) is 0 Å². The molecular formula is C20H27BrN6O2SSi. The molecule has 0 amide bonds. The first kappa shape index (κ1) is 22.5. The van der Waals surface area contributed by atoms with Crippen LogP contribution in [0.3, 0.4) is 0 Å². The molecule has 0 unspecified atom stereocenters. The fourth-order valence-corrected chi connectivity index (χ4v) is 5.05. The summed E-state index contributed by atoms with van der Waals surface area (Å²) in [6.45, 7) is 11.2. The molecule has 1 fully saturated rings. The second kappa shape index (κ2) is 9.86. The molecule has 0 spiro atoms. The molecule has 4 rings (SSSR count). The van der Waals surface area contributed by atoms with Crippen LogP contribution in [0.5, 0.6) is 0 Å². The number of ether oxygens (including phenoxy) is 2. The highest BCUT2D eigenvalue weighted by molar-refractivity contribution is 9.10. The molecule has 3 aromatic rings. The smallest absolute Gasteiger partial charge is 0.217 e. The van der Waals surface area contributed by atoms with Gasteiger partial charge in [0.05, 0.1) is 24.2 Å². The molecule has 0 radical (unpaired) electrons. The van der Waals surface area contributed by atoms with Crippen molar-refractivity contribution in [2.45, 2.75) is 25.7 Å². The lowest BCUT2D eigenvalue weighted by atomic mass is 10.3. The highest BCUT2D eigenvalue weighted by Crippen LogP contribution is 2.32. The highest BCUT2D eigenvalue weighted by Gasteiger charge is 2.21. The first-order chi connectivity index (χ1) is 14.9. The van der Waals surface area contributed by atoms with Gasteiger partial charge in [0.1, 0.15) is 12.5 Å². The molecule has 1 aliphatic heterocycles. The van der Waals surface area contributed by atoms with Crippen LogP contribution in [-0.4, -0.2) is 67.9 Å². The summed E-state index contributed by atoms with van der Waals surface area (Å²) in [4.78, 5) is 13.5. The van der Waals surface area contributed by atoms with Crippen LogP contribution in [-0.2, 0) is 9.47 Å². The molecular weight excluding hydrogens is 496 g/mol. The fraction of sp³-hybridized carbons (Fsp3) is 0.500. The number of rotatable bonds is 8. The largest absolute Gasteiger partial charge is 0.378 e. The van der Waals surface area contributed by atoms with E-state index in [1.54, 1.807) is 17.5 Å². The second-order valence-corrected chi connectivity index (χ2v) is 16.1. The molecule has 31 heavy (non-hydrogen) atoms. The van der Waals surface area contributed by atoms with Gasteiger partial charge in [-0.1, -0.05) is 31.0 Å². The summed E-state index contributed by atoms with van der Waals surface area (Å²) < 4.78 is 12.4. The summed E-state index contributed by atoms with van der Waals surface area (Å²) in [5.74, 6) is 0.769. The van der Waals surface area contributed by atoms with Crippen molar-refractivity contribution in [3.63, 3.8) is 0 Å². The van der Waals surface area contributed by atoms with Gasteiger partial charge in [0.15, 0.2) is 0 Å². The zero-order valence-electron chi connectivity index (χ0n) is 18.0. The van der Waals surface area contributed by atoms with Gasteiger partial charge in [-0.15, -0.1) is 10.2 Å². The van der Waals surface area contributed by atoms with Crippen LogP contribution < -0.4 is 9.80 Å². The number of nitrogens with zero attached hydrogens (tertiary/aromatic N) is 6. The van der Waals surface area contributed by atoms with Crippen molar-refractivity contribution >= 4 is 62.5 Å². The standard InChI is InChI=1S/C20H27BrN6O2SSi/c1-31(2,3)11-10-29-14-27(18-5-4-16-17(23-18)12-15(21)13-22-16)20-25-24-19(30-20)26-6-8-28-9-7-26/h4-5,12-13H,6-11,14H2,1-3H3. The Bertz CT molecular complexity index is 1020. The number of fused-ring (bicyclic) bond motifs is 1. The van der Waals surface area contributed by atoms with Gasteiger partial charge in [0.25, 0.3) is 0 Å². The SMILES string of the molecule is C[Si](C)(C)CCOCN(c1ccc2ncc(Br)cc2n1)c1nnc(N2CCOCC2)s1. The van der Waals surface area contributed by atoms with Crippen molar-refractivity contribution in [3.05, 3.63) is 28.9 Å². The maximum Gasteiger partial charge on any atom is 0.217 e. The van der Waals surface area contributed by atoms with Crippen molar-refractivity contribution in [3.8, 4) is 0 Å². The van der Waals surface area contributed by atoms with E-state index in [2.05, 4.69) is 55.7 Å². The number of morpholine rings is 1. The monoisotopic (exact) mass is 522 g/mol. The molecule has 0 N–H and O–H groups in total. The van der Waals surface area contributed by atoms with E-state index < -0.39 is 8.07 Å². The maximum absolute atomic E-state index is 6.07. The van der Waals surface area contributed by atoms with E-state index in [0.717, 1.165) is 57.3 Å². The van der Waals surface area contributed by atoms with E-state index in [9.17, 15) is 0 Å². The Kier molecular flexibility index (Phi) is 7.17. The molecule has 1 aliphatic rings. The van der Waals surface area contributed by atoms with Crippen molar-refractivity contribution in [2.75, 3.05) is 49.4 Å². The average Bonchev–Trinajstić information content (AvgIpc) is 3.23. The second-order valence-electron chi connectivity index (χ2n) is 8.60. The lowest BCUT2D eigenvalue weighted by Crippen LogP contribution is -2.36. The first-order valence-electron chi connectivity index (χ1n) is 10.3. The molecule has 166 valence electrons. The van der Waals surface area contributed by atoms with Crippen LogP contribution >= 0.6 is 27.3 Å². The maximum atomic E-state index is 6.07. The first-order valence-corrected chi connectivity index (χ1v) is 15.6. The van der Waals surface area contributed by atoms with Gasteiger partial charge in [0.2, 0.25) is 10.3 Å². The minimum absolute atomic E-state index is 0.377. The number of halogens is 1. The lowest BCUT2D eigenvalue weighted by molar-refractivity contribution is 0.122. The number of anilines is 3. The zero-order valence-corrected chi connectivity index (χ0v) is 21.4. The van der Waals surface area contributed by atoms with Crippen LogP contribution in [0.15, 0.2) is 28.9 Å². The van der Waals surface area contributed by atoms with Gasteiger partial charge in [-0.3, -0.25) is 9.88 Å². The summed E-state index contributed by atoms with van der Waals surface area (Å²) >= 11 is 5.04. The van der Waals surface area contributed by atoms with Crippen LogP contribution in [0.25, 0.3) is 11.0 Å². The Labute approximate surface area is 195 Å². The van der Waals surface area contributed by atoms with E-state index >= 15 is 0 Å². The Hall–Kier alpha value is -1.66. The summed E-state index contributed by atoms with van der Waals surface area (Å²) in [7, 11) is -1.17. The number of aromatic nitrogens is 4. The number of hydrogen-bond donors (Lipinski definition) is 0. The topological polar surface area (TPSA) is 76.5 Å². The van der Waals surface area contributed by atoms with E-state index in [4.69, 9.17) is 14.5 Å². The minimum atomic E-state index is -1.17. The highest BCUT2D eigenvalue weighted by atomic mass is 79.9. The van der Waals surface area contributed by atoms with Crippen LogP contribution in [0, 0.1) is 0 Å². The summed E-state index contributed by atoms with van der Waals surface area (Å²) in [6.07, 6.45) is 1.78. The zero-order chi connectivity index (χ0) is 21.8. The number of pyridine rings is 2. The minimum Gasteiger partial charge on any atom is -0.378 e. The predicted molar refractivity (Wildman–Crippen MR) is 131 cm³/mol. The third-order valence-corrected chi connectivity index (χ3v) is 8.04. The molecule has 0 aliphatic carbocycles. The van der Waals surface area contributed by atoms with E-state index in [1.807, 2.05) is 23.1 Å². The average molecular weight is 524 g/mol. The normalized spacial score (nSPS) is 14.9. The van der Waals surface area contributed by atoms with E-state index in [-0.39, 0.29) is 0 Å². The molecule has 11 heteroatoms. The third-order valence-electron chi connectivity index (χ3n) is 4.90. The lowest BCUT2D eigenvalue weighted by Gasteiger charge is -2.25. The molecule has 0 aromatic carbocycles. The van der Waals surface area contributed by atoms with Gasteiger partial charge in [-0.2, -0.15) is 0 Å². The van der Waals surface area contributed by atoms with Crippen LogP contribution in [0.2, 0.25) is 25.7 Å². The molecule has 1 saturated heterocycles. The summed E-state index contributed by atoms with van der Waals surface area (Å²) in [6, 6.07) is 7.01.